The molecule has 0 aliphatic rings. The molecule has 208 valence electrons. The standard InChI is InChI=1S/C31H21FN4O4S2/c1-18-7-10-22(11-8-18)42(39,40)36-26-12-9-21(32)16-24(26)28(23-13-14-41-30(23)33-2)29(36)20-6-4-5-19(15-20)27-17-25(31(37)38)34-35(27)3/h4-17H,1,3H3,(H,37,38). The fourth-order valence-electron chi connectivity index (χ4n) is 5.08. The van der Waals surface area contributed by atoms with Gasteiger partial charge in [0.15, 0.2) is 5.69 Å². The van der Waals surface area contributed by atoms with Crippen LogP contribution in [-0.2, 0) is 17.1 Å². The number of carboxylic acid groups (broad SMARTS) is 1. The molecule has 8 nitrogen and oxygen atoms in total. The lowest BCUT2D eigenvalue weighted by Gasteiger charge is -2.15. The zero-order valence-corrected chi connectivity index (χ0v) is 23.9. The Kier molecular flexibility index (Phi) is 6.52. The predicted molar refractivity (Wildman–Crippen MR) is 160 cm³/mol. The Bertz CT molecular complexity index is 2190. The van der Waals surface area contributed by atoms with E-state index in [2.05, 4.69) is 9.94 Å². The summed E-state index contributed by atoms with van der Waals surface area (Å²) >= 11 is 1.21. The minimum atomic E-state index is -4.23. The SMILES string of the molecule is [C-]#[N+]c1sccc1-c1c(-c2cccc(-c3cc(C(=O)O)nn3C)c2)n(S(=O)(=O)c2ccc(C)cc2)c2ccc(F)cc12. The average Bonchev–Trinajstić information content (AvgIpc) is 3.68. The minimum absolute atomic E-state index is 0.0479. The van der Waals surface area contributed by atoms with E-state index in [-0.39, 0.29) is 21.8 Å². The van der Waals surface area contributed by atoms with Crippen molar-refractivity contribution in [1.29, 1.82) is 0 Å². The largest absolute Gasteiger partial charge is 0.476 e. The van der Waals surface area contributed by atoms with E-state index in [9.17, 15) is 22.7 Å². The van der Waals surface area contributed by atoms with Gasteiger partial charge in [0, 0.05) is 34.7 Å². The van der Waals surface area contributed by atoms with Gasteiger partial charge in [-0.25, -0.2) is 26.4 Å². The zero-order valence-electron chi connectivity index (χ0n) is 22.2. The first-order chi connectivity index (χ1) is 20.1. The molecule has 0 radical (unpaired) electrons. The number of hydrogen-bond acceptors (Lipinski definition) is 5. The molecule has 0 atom stereocenters. The normalized spacial score (nSPS) is 11.6. The molecular formula is C31H21FN4O4S2. The lowest BCUT2D eigenvalue weighted by atomic mass is 9.98. The van der Waals surface area contributed by atoms with E-state index in [1.165, 1.54) is 56.4 Å². The number of aromatic carboxylic acids is 1. The maximum Gasteiger partial charge on any atom is 0.356 e. The van der Waals surface area contributed by atoms with E-state index in [1.54, 1.807) is 54.9 Å². The van der Waals surface area contributed by atoms with Gasteiger partial charge in [-0.15, -0.1) is 0 Å². The van der Waals surface area contributed by atoms with Crippen molar-refractivity contribution >= 4 is 43.2 Å². The molecule has 3 heterocycles. The Labute approximate surface area is 244 Å². The van der Waals surface area contributed by atoms with Crippen LogP contribution in [0.5, 0.6) is 0 Å². The molecule has 0 unspecified atom stereocenters. The molecule has 0 spiro atoms. The van der Waals surface area contributed by atoms with Crippen molar-refractivity contribution in [2.24, 2.45) is 7.05 Å². The number of hydrogen-bond donors (Lipinski definition) is 1. The molecule has 3 aromatic carbocycles. The Morgan fingerprint density at radius 1 is 1.02 bits per heavy atom. The van der Waals surface area contributed by atoms with Gasteiger partial charge < -0.3 is 5.11 Å². The summed E-state index contributed by atoms with van der Waals surface area (Å²) in [5.41, 5.74) is 3.71. The highest BCUT2D eigenvalue weighted by Crippen LogP contribution is 2.48. The molecule has 0 saturated heterocycles. The molecule has 0 fully saturated rings. The number of halogens is 1. The second-order valence-corrected chi connectivity index (χ2v) is 12.3. The second kappa shape index (κ2) is 10.1. The molecule has 11 heteroatoms. The molecule has 3 aromatic heterocycles. The van der Waals surface area contributed by atoms with Crippen LogP contribution in [-0.4, -0.2) is 33.2 Å². The molecule has 0 bridgehead atoms. The smallest absolute Gasteiger partial charge is 0.356 e. The number of carboxylic acids is 1. The number of thiophene rings is 1. The first-order valence-electron chi connectivity index (χ1n) is 12.6. The van der Waals surface area contributed by atoms with Crippen molar-refractivity contribution in [3.63, 3.8) is 0 Å². The number of rotatable bonds is 6. The minimum Gasteiger partial charge on any atom is -0.476 e. The van der Waals surface area contributed by atoms with E-state index in [0.717, 1.165) is 5.56 Å². The lowest BCUT2D eigenvalue weighted by Crippen LogP contribution is -2.14. The van der Waals surface area contributed by atoms with Gasteiger partial charge in [0.2, 0.25) is 5.00 Å². The average molecular weight is 597 g/mol. The van der Waals surface area contributed by atoms with Crippen molar-refractivity contribution in [1.82, 2.24) is 13.8 Å². The van der Waals surface area contributed by atoms with E-state index in [0.29, 0.717) is 38.3 Å². The summed E-state index contributed by atoms with van der Waals surface area (Å²) in [6.07, 6.45) is 0. The summed E-state index contributed by atoms with van der Waals surface area (Å²) in [7, 11) is -2.61. The monoisotopic (exact) mass is 596 g/mol. The number of fused-ring (bicyclic) bond motifs is 1. The van der Waals surface area contributed by atoms with Gasteiger partial charge in [-0.2, -0.15) is 16.4 Å². The van der Waals surface area contributed by atoms with Crippen LogP contribution in [0.25, 0.3) is 49.4 Å². The van der Waals surface area contributed by atoms with Crippen LogP contribution in [0.3, 0.4) is 0 Å². The Morgan fingerprint density at radius 3 is 2.45 bits per heavy atom. The van der Waals surface area contributed by atoms with E-state index in [4.69, 9.17) is 6.57 Å². The van der Waals surface area contributed by atoms with Crippen molar-refractivity contribution < 1.29 is 22.7 Å². The van der Waals surface area contributed by atoms with E-state index >= 15 is 0 Å². The van der Waals surface area contributed by atoms with Gasteiger partial charge in [-0.1, -0.05) is 42.0 Å². The van der Waals surface area contributed by atoms with Crippen LogP contribution in [0.2, 0.25) is 0 Å². The van der Waals surface area contributed by atoms with Gasteiger partial charge >= 0.3 is 5.97 Å². The molecule has 0 amide bonds. The molecule has 6 rings (SSSR count). The Morgan fingerprint density at radius 2 is 1.76 bits per heavy atom. The van der Waals surface area contributed by atoms with E-state index < -0.39 is 21.8 Å². The summed E-state index contributed by atoms with van der Waals surface area (Å²) in [5.74, 6) is -1.73. The highest BCUT2D eigenvalue weighted by atomic mass is 32.2. The maximum atomic E-state index is 14.8. The third kappa shape index (κ3) is 4.38. The van der Waals surface area contributed by atoms with Gasteiger partial charge in [0.05, 0.1) is 28.4 Å². The van der Waals surface area contributed by atoms with Crippen LogP contribution in [0.1, 0.15) is 16.1 Å². The highest BCUT2D eigenvalue weighted by Gasteiger charge is 2.30. The van der Waals surface area contributed by atoms with Gasteiger partial charge in [0.1, 0.15) is 5.82 Å². The quantitative estimate of drug-likeness (QED) is 0.203. The van der Waals surface area contributed by atoms with Crippen molar-refractivity contribution in [3.05, 3.63) is 113 Å². The number of carbonyl (C=O) groups is 1. The van der Waals surface area contributed by atoms with Crippen molar-refractivity contribution in [3.8, 4) is 33.6 Å². The summed E-state index contributed by atoms with van der Waals surface area (Å²) in [6.45, 7) is 9.60. The molecular weight excluding hydrogens is 575 g/mol. The number of nitrogens with zero attached hydrogens (tertiary/aromatic N) is 4. The fraction of sp³-hybridized carbons (Fsp3) is 0.0645. The Hall–Kier alpha value is -5.05. The lowest BCUT2D eigenvalue weighted by molar-refractivity contribution is 0.0689. The first kappa shape index (κ1) is 27.1. The van der Waals surface area contributed by atoms with Crippen LogP contribution in [0.4, 0.5) is 9.39 Å². The van der Waals surface area contributed by atoms with E-state index in [1.807, 2.05) is 6.92 Å². The van der Waals surface area contributed by atoms with Gasteiger partial charge in [-0.05, 0) is 54.8 Å². The van der Waals surface area contributed by atoms with Crippen LogP contribution in [0.15, 0.2) is 89.1 Å². The molecule has 42 heavy (non-hydrogen) atoms. The molecule has 0 saturated carbocycles. The van der Waals surface area contributed by atoms with Crippen molar-refractivity contribution in [2.45, 2.75) is 11.8 Å². The summed E-state index contributed by atoms with van der Waals surface area (Å²) < 4.78 is 46.2. The summed E-state index contributed by atoms with van der Waals surface area (Å²) in [6, 6.07) is 20.5. The van der Waals surface area contributed by atoms with Crippen LogP contribution < -0.4 is 0 Å². The zero-order chi connectivity index (χ0) is 29.8. The first-order valence-corrected chi connectivity index (χ1v) is 14.9. The highest BCUT2D eigenvalue weighted by molar-refractivity contribution is 7.90. The van der Waals surface area contributed by atoms with Gasteiger partial charge in [0.25, 0.3) is 10.0 Å². The molecule has 6 aromatic rings. The van der Waals surface area contributed by atoms with Crippen molar-refractivity contribution in [2.75, 3.05) is 0 Å². The van der Waals surface area contributed by atoms with Crippen LogP contribution in [0, 0.1) is 19.3 Å². The molecule has 0 aliphatic carbocycles. The third-order valence-corrected chi connectivity index (χ3v) is 9.53. The predicted octanol–water partition coefficient (Wildman–Crippen LogP) is 7.37. The number of aryl methyl sites for hydroxylation is 2. The summed E-state index contributed by atoms with van der Waals surface area (Å²) in [5, 5.41) is 15.9. The summed E-state index contributed by atoms with van der Waals surface area (Å²) in [4.78, 5) is 15.3. The third-order valence-electron chi connectivity index (χ3n) is 6.99. The maximum absolute atomic E-state index is 14.8. The molecule has 0 aliphatic heterocycles. The van der Waals surface area contributed by atoms with Gasteiger partial charge in [-0.3, -0.25) is 4.68 Å². The topological polar surface area (TPSA) is 98.5 Å². The number of aromatic nitrogens is 3. The number of benzene rings is 3. The Balaban J connectivity index is 1.74. The molecule has 1 N–H and O–H groups in total. The second-order valence-electron chi connectivity index (χ2n) is 9.64. The van der Waals surface area contributed by atoms with Crippen LogP contribution >= 0.6 is 11.3 Å². The fourth-order valence-corrected chi connectivity index (χ4v) is 7.31.